The van der Waals surface area contributed by atoms with Gasteiger partial charge < -0.3 is 10.1 Å². The van der Waals surface area contributed by atoms with Crippen LogP contribution in [0.25, 0.3) is 0 Å². The number of alkyl halides is 1. The van der Waals surface area contributed by atoms with Crippen LogP contribution in [0.2, 0.25) is 0 Å². The van der Waals surface area contributed by atoms with Gasteiger partial charge in [0, 0.05) is 25.1 Å². The summed E-state index contributed by atoms with van der Waals surface area (Å²) in [5, 5.41) is 3.11. The largest absolute Gasteiger partial charge is 0.378 e. The van der Waals surface area contributed by atoms with Gasteiger partial charge in [-0.1, -0.05) is 0 Å². The van der Waals surface area contributed by atoms with Gasteiger partial charge in [-0.15, -0.1) is 12.4 Å². The molecule has 2 nitrogen and oxygen atoms in total. The van der Waals surface area contributed by atoms with Crippen molar-refractivity contribution in [2.24, 2.45) is 5.41 Å². The van der Waals surface area contributed by atoms with Gasteiger partial charge in [0.2, 0.25) is 0 Å². The quantitative estimate of drug-likeness (QED) is 0.596. The topological polar surface area (TPSA) is 21.3 Å². The molecule has 4 heteroatoms. The Balaban J connectivity index is 0.000000605. The van der Waals surface area contributed by atoms with Crippen molar-refractivity contribution in [2.75, 3.05) is 26.3 Å². The fraction of sp³-hybridized carbons (Fsp3) is 1.00. The number of rotatable bonds is 0. The van der Waals surface area contributed by atoms with Crippen molar-refractivity contribution in [1.82, 2.24) is 5.32 Å². The first-order valence-corrected chi connectivity index (χ1v) is 3.76. The van der Waals surface area contributed by atoms with Crippen LogP contribution in [-0.4, -0.2) is 32.5 Å². The molecule has 66 valence electrons. The minimum absolute atomic E-state index is 0. The Morgan fingerprint density at radius 1 is 1.45 bits per heavy atom. The van der Waals surface area contributed by atoms with Crippen LogP contribution in [0.3, 0.4) is 0 Å². The predicted octanol–water partition coefficient (Wildman–Crippen LogP) is 0.756. The number of nitrogens with one attached hydrogen (secondary N) is 1. The maximum absolute atomic E-state index is 13.1. The summed E-state index contributed by atoms with van der Waals surface area (Å²) in [5.41, 5.74) is -0.0434. The maximum Gasteiger partial charge on any atom is 0.131 e. The molecular formula is C7H13ClFNO. The van der Waals surface area contributed by atoms with E-state index in [-0.39, 0.29) is 17.8 Å². The molecule has 2 aliphatic rings. The van der Waals surface area contributed by atoms with Crippen molar-refractivity contribution in [2.45, 2.75) is 12.6 Å². The van der Waals surface area contributed by atoms with E-state index in [4.69, 9.17) is 4.74 Å². The zero-order valence-corrected chi connectivity index (χ0v) is 7.12. The van der Waals surface area contributed by atoms with Crippen molar-refractivity contribution < 1.29 is 9.13 Å². The van der Waals surface area contributed by atoms with Gasteiger partial charge in [0.15, 0.2) is 0 Å². The Kier molecular flexibility index (Phi) is 2.73. The summed E-state index contributed by atoms with van der Waals surface area (Å²) in [6.45, 7) is 2.73. The van der Waals surface area contributed by atoms with E-state index in [1.807, 2.05) is 0 Å². The first-order chi connectivity index (χ1) is 4.83. The van der Waals surface area contributed by atoms with E-state index >= 15 is 0 Å². The lowest BCUT2D eigenvalue weighted by molar-refractivity contribution is -0.0819. The van der Waals surface area contributed by atoms with E-state index in [1.54, 1.807) is 0 Å². The molecule has 2 fully saturated rings. The molecule has 0 radical (unpaired) electrons. The monoisotopic (exact) mass is 181 g/mol. The van der Waals surface area contributed by atoms with Gasteiger partial charge in [0.25, 0.3) is 0 Å². The lowest BCUT2D eigenvalue weighted by atomic mass is 9.74. The van der Waals surface area contributed by atoms with Crippen LogP contribution in [-0.2, 0) is 4.74 Å². The van der Waals surface area contributed by atoms with Gasteiger partial charge in [-0.05, 0) is 6.42 Å². The number of ether oxygens (including phenoxy) is 1. The van der Waals surface area contributed by atoms with E-state index in [2.05, 4.69) is 5.32 Å². The van der Waals surface area contributed by atoms with E-state index in [0.29, 0.717) is 6.61 Å². The normalized spacial score (nSPS) is 34.1. The van der Waals surface area contributed by atoms with Crippen molar-refractivity contribution >= 4 is 12.4 Å². The zero-order valence-electron chi connectivity index (χ0n) is 6.31. The molecule has 1 spiro atoms. The van der Waals surface area contributed by atoms with Crippen LogP contribution in [0.15, 0.2) is 0 Å². The third kappa shape index (κ3) is 1.37. The van der Waals surface area contributed by atoms with E-state index in [9.17, 15) is 4.39 Å². The Morgan fingerprint density at radius 2 is 2.18 bits per heavy atom. The van der Waals surface area contributed by atoms with E-state index in [0.717, 1.165) is 26.1 Å². The molecule has 1 N–H and O–H groups in total. The second-order valence-corrected chi connectivity index (χ2v) is 3.26. The second-order valence-electron chi connectivity index (χ2n) is 3.26. The number of hydrogen-bond acceptors (Lipinski definition) is 2. The van der Waals surface area contributed by atoms with Crippen LogP contribution in [0, 0.1) is 5.41 Å². The summed E-state index contributed by atoms with van der Waals surface area (Å²) in [5.74, 6) is 0. The average Bonchev–Trinajstić information content (AvgIpc) is 1.85. The van der Waals surface area contributed by atoms with Crippen molar-refractivity contribution in [3.63, 3.8) is 0 Å². The summed E-state index contributed by atoms with van der Waals surface area (Å²) in [7, 11) is 0. The van der Waals surface area contributed by atoms with Crippen LogP contribution in [0.4, 0.5) is 4.39 Å². The molecule has 0 aromatic rings. The Labute approximate surface area is 71.9 Å². The van der Waals surface area contributed by atoms with Gasteiger partial charge in [0.05, 0.1) is 6.61 Å². The summed E-state index contributed by atoms with van der Waals surface area (Å²) in [6, 6.07) is 0. The standard InChI is InChI=1S/C7H12FNO.ClH/c8-6-3-10-2-1-7(6)4-9-5-7;/h6,9H,1-5H2;1H/t6-;/m0./s1. The highest BCUT2D eigenvalue weighted by Gasteiger charge is 2.46. The van der Waals surface area contributed by atoms with Gasteiger partial charge in [-0.25, -0.2) is 4.39 Å². The first kappa shape index (κ1) is 9.23. The highest BCUT2D eigenvalue weighted by atomic mass is 35.5. The van der Waals surface area contributed by atoms with E-state index in [1.165, 1.54) is 0 Å². The molecule has 0 amide bonds. The minimum atomic E-state index is -0.734. The molecule has 2 aliphatic heterocycles. The molecule has 0 aromatic heterocycles. The highest BCUT2D eigenvalue weighted by molar-refractivity contribution is 5.85. The smallest absolute Gasteiger partial charge is 0.131 e. The predicted molar refractivity (Wildman–Crippen MR) is 42.9 cm³/mol. The molecule has 11 heavy (non-hydrogen) atoms. The summed E-state index contributed by atoms with van der Waals surface area (Å²) >= 11 is 0. The minimum Gasteiger partial charge on any atom is -0.378 e. The Morgan fingerprint density at radius 3 is 2.55 bits per heavy atom. The number of halogens is 2. The van der Waals surface area contributed by atoms with Gasteiger partial charge >= 0.3 is 0 Å². The molecule has 0 aliphatic carbocycles. The lowest BCUT2D eigenvalue weighted by Crippen LogP contribution is -2.61. The second kappa shape index (κ2) is 3.25. The van der Waals surface area contributed by atoms with Crippen LogP contribution in [0.1, 0.15) is 6.42 Å². The fourth-order valence-corrected chi connectivity index (χ4v) is 1.64. The Hall–Kier alpha value is 0.140. The fourth-order valence-electron chi connectivity index (χ4n) is 1.64. The molecule has 0 saturated carbocycles. The summed E-state index contributed by atoms with van der Waals surface area (Å²) < 4.78 is 18.1. The van der Waals surface area contributed by atoms with Crippen molar-refractivity contribution in [1.29, 1.82) is 0 Å². The lowest BCUT2D eigenvalue weighted by Gasteiger charge is -2.47. The summed E-state index contributed by atoms with van der Waals surface area (Å²) in [6.07, 6.45) is 0.156. The third-order valence-electron chi connectivity index (χ3n) is 2.63. The zero-order chi connectivity index (χ0) is 7.03. The first-order valence-electron chi connectivity index (χ1n) is 3.76. The molecule has 2 heterocycles. The molecule has 2 rings (SSSR count). The van der Waals surface area contributed by atoms with Crippen molar-refractivity contribution in [3.8, 4) is 0 Å². The maximum atomic E-state index is 13.1. The van der Waals surface area contributed by atoms with Crippen LogP contribution >= 0.6 is 12.4 Å². The van der Waals surface area contributed by atoms with Crippen LogP contribution < -0.4 is 5.32 Å². The highest BCUT2D eigenvalue weighted by Crippen LogP contribution is 2.36. The Bertz CT molecular complexity index is 140. The molecular weight excluding hydrogens is 169 g/mol. The molecule has 0 aromatic carbocycles. The van der Waals surface area contributed by atoms with E-state index < -0.39 is 6.17 Å². The molecule has 0 unspecified atom stereocenters. The van der Waals surface area contributed by atoms with Gasteiger partial charge in [-0.3, -0.25) is 0 Å². The van der Waals surface area contributed by atoms with Gasteiger partial charge in [0.1, 0.15) is 6.17 Å². The van der Waals surface area contributed by atoms with Crippen molar-refractivity contribution in [3.05, 3.63) is 0 Å². The number of hydrogen-bond donors (Lipinski definition) is 1. The molecule has 0 bridgehead atoms. The SMILES string of the molecule is Cl.F[C@H]1COCCC12CNC2. The molecule has 2 saturated heterocycles. The third-order valence-corrected chi connectivity index (χ3v) is 2.63. The summed E-state index contributed by atoms with van der Waals surface area (Å²) in [4.78, 5) is 0. The van der Waals surface area contributed by atoms with Crippen LogP contribution in [0.5, 0.6) is 0 Å². The molecule has 1 atom stereocenters. The van der Waals surface area contributed by atoms with Gasteiger partial charge in [-0.2, -0.15) is 0 Å². The average molecular weight is 182 g/mol.